The Kier molecular flexibility index (Phi) is 4.59. The zero-order valence-corrected chi connectivity index (χ0v) is 12.6. The fraction of sp³-hybridized carbons (Fsp3) is 0.611. The van der Waals surface area contributed by atoms with E-state index < -0.39 is 5.41 Å². The molecule has 3 nitrogen and oxygen atoms in total. The number of hydrogen-bond acceptors (Lipinski definition) is 3. The number of ether oxygens (including phenoxy) is 1. The Morgan fingerprint density at radius 3 is 2.52 bits per heavy atom. The minimum Gasteiger partial charge on any atom is -0.465 e. The van der Waals surface area contributed by atoms with Crippen LogP contribution in [-0.2, 0) is 14.9 Å². The first-order chi connectivity index (χ1) is 10.3. The van der Waals surface area contributed by atoms with Crippen LogP contribution < -0.4 is 5.32 Å². The van der Waals surface area contributed by atoms with Crippen molar-refractivity contribution >= 4 is 5.97 Å². The van der Waals surface area contributed by atoms with Gasteiger partial charge in [-0.1, -0.05) is 49.6 Å². The summed E-state index contributed by atoms with van der Waals surface area (Å²) >= 11 is 0. The van der Waals surface area contributed by atoms with Crippen molar-refractivity contribution in [3.05, 3.63) is 35.9 Å². The second kappa shape index (κ2) is 6.61. The molecule has 0 unspecified atom stereocenters. The van der Waals surface area contributed by atoms with Crippen LogP contribution in [0.3, 0.4) is 0 Å². The van der Waals surface area contributed by atoms with Gasteiger partial charge in [0, 0.05) is 0 Å². The summed E-state index contributed by atoms with van der Waals surface area (Å²) in [6.45, 7) is 2.35. The van der Waals surface area contributed by atoms with Crippen LogP contribution >= 0.6 is 0 Å². The summed E-state index contributed by atoms with van der Waals surface area (Å²) in [7, 11) is 0. The molecule has 0 amide bonds. The number of piperidine rings is 1. The molecule has 1 saturated heterocycles. The zero-order valence-electron chi connectivity index (χ0n) is 12.6. The molecule has 0 atom stereocenters. The second-order valence-electron chi connectivity index (χ2n) is 6.42. The Labute approximate surface area is 127 Å². The highest BCUT2D eigenvalue weighted by atomic mass is 16.5. The van der Waals surface area contributed by atoms with Crippen molar-refractivity contribution in [2.24, 2.45) is 5.92 Å². The third-order valence-corrected chi connectivity index (χ3v) is 5.16. The molecule has 2 fully saturated rings. The van der Waals surface area contributed by atoms with Crippen molar-refractivity contribution in [2.45, 2.75) is 43.9 Å². The number of rotatable bonds is 5. The van der Waals surface area contributed by atoms with Crippen molar-refractivity contribution in [2.75, 3.05) is 19.7 Å². The Balaban J connectivity index is 1.67. The van der Waals surface area contributed by atoms with Gasteiger partial charge in [0.25, 0.3) is 0 Å². The average Bonchev–Trinajstić information content (AvgIpc) is 2.51. The van der Waals surface area contributed by atoms with Gasteiger partial charge in [-0.2, -0.15) is 0 Å². The summed E-state index contributed by atoms with van der Waals surface area (Å²) in [5.74, 6) is 0.771. The van der Waals surface area contributed by atoms with Crippen LogP contribution in [0.1, 0.15) is 44.1 Å². The van der Waals surface area contributed by atoms with E-state index in [2.05, 4.69) is 17.4 Å². The molecule has 2 aliphatic rings. The van der Waals surface area contributed by atoms with Crippen LogP contribution in [0.25, 0.3) is 0 Å². The lowest BCUT2D eigenvalue weighted by Crippen LogP contribution is -2.46. The molecule has 1 aromatic carbocycles. The predicted octanol–water partition coefficient (Wildman–Crippen LogP) is 3.04. The van der Waals surface area contributed by atoms with Gasteiger partial charge in [-0.3, -0.25) is 4.79 Å². The summed E-state index contributed by atoms with van der Waals surface area (Å²) in [6, 6.07) is 10.2. The third-order valence-electron chi connectivity index (χ3n) is 5.16. The van der Waals surface area contributed by atoms with Gasteiger partial charge in [-0.15, -0.1) is 0 Å². The summed E-state index contributed by atoms with van der Waals surface area (Å²) in [5, 5.41) is 3.35. The molecule has 1 heterocycles. The molecule has 1 aliphatic heterocycles. The minimum atomic E-state index is -0.438. The average molecular weight is 287 g/mol. The highest BCUT2D eigenvalue weighted by Gasteiger charge is 2.42. The molecular formula is C18H25NO2. The van der Waals surface area contributed by atoms with Gasteiger partial charge >= 0.3 is 5.97 Å². The number of nitrogens with one attached hydrogen (secondary N) is 1. The van der Waals surface area contributed by atoms with Crippen LogP contribution in [0.15, 0.2) is 30.3 Å². The van der Waals surface area contributed by atoms with E-state index in [0.717, 1.165) is 43.8 Å². The van der Waals surface area contributed by atoms with Crippen LogP contribution in [0.5, 0.6) is 0 Å². The highest BCUT2D eigenvalue weighted by Crippen LogP contribution is 2.35. The fourth-order valence-electron chi connectivity index (χ4n) is 3.46. The van der Waals surface area contributed by atoms with E-state index in [1.807, 2.05) is 18.2 Å². The molecule has 0 radical (unpaired) electrons. The number of esters is 1. The van der Waals surface area contributed by atoms with Crippen LogP contribution in [0, 0.1) is 5.92 Å². The van der Waals surface area contributed by atoms with E-state index >= 15 is 0 Å². The van der Waals surface area contributed by atoms with Crippen LogP contribution in [-0.4, -0.2) is 25.7 Å². The smallest absolute Gasteiger partial charge is 0.316 e. The molecule has 1 aliphatic carbocycles. The lowest BCUT2D eigenvalue weighted by Gasteiger charge is -2.36. The first-order valence-corrected chi connectivity index (χ1v) is 8.25. The van der Waals surface area contributed by atoms with Crippen LogP contribution in [0.4, 0.5) is 0 Å². The maximum Gasteiger partial charge on any atom is 0.316 e. The first kappa shape index (κ1) is 14.6. The molecule has 3 heteroatoms. The highest BCUT2D eigenvalue weighted by molar-refractivity contribution is 5.83. The lowest BCUT2D eigenvalue weighted by molar-refractivity contribution is -0.152. The van der Waals surface area contributed by atoms with E-state index in [9.17, 15) is 4.79 Å². The Hall–Kier alpha value is -1.35. The van der Waals surface area contributed by atoms with Crippen molar-refractivity contribution in [1.82, 2.24) is 5.32 Å². The van der Waals surface area contributed by atoms with Gasteiger partial charge in [0.15, 0.2) is 0 Å². The van der Waals surface area contributed by atoms with E-state index in [1.54, 1.807) is 0 Å². The van der Waals surface area contributed by atoms with E-state index in [-0.39, 0.29) is 5.97 Å². The lowest BCUT2D eigenvalue weighted by atomic mass is 9.73. The summed E-state index contributed by atoms with van der Waals surface area (Å²) < 4.78 is 5.68. The van der Waals surface area contributed by atoms with Gasteiger partial charge in [0.2, 0.25) is 0 Å². The molecule has 21 heavy (non-hydrogen) atoms. The monoisotopic (exact) mass is 287 g/mol. The van der Waals surface area contributed by atoms with Crippen molar-refractivity contribution in [3.8, 4) is 0 Å². The van der Waals surface area contributed by atoms with E-state index in [1.165, 1.54) is 19.3 Å². The maximum absolute atomic E-state index is 12.8. The Morgan fingerprint density at radius 1 is 1.19 bits per heavy atom. The third kappa shape index (κ3) is 3.13. The molecule has 1 saturated carbocycles. The molecule has 3 rings (SSSR count). The molecule has 1 aromatic rings. The summed E-state index contributed by atoms with van der Waals surface area (Å²) in [4.78, 5) is 12.8. The number of hydrogen-bond donors (Lipinski definition) is 1. The van der Waals surface area contributed by atoms with Gasteiger partial charge in [-0.25, -0.2) is 0 Å². The number of carbonyl (C=O) groups is 1. The first-order valence-electron chi connectivity index (χ1n) is 8.25. The quantitative estimate of drug-likeness (QED) is 0.846. The van der Waals surface area contributed by atoms with E-state index in [4.69, 9.17) is 4.74 Å². The molecular weight excluding hydrogens is 262 g/mol. The SMILES string of the molecule is O=C(OCCC1CCC1)C1(c2ccccc2)CCNCC1. The van der Waals surface area contributed by atoms with Crippen LogP contribution in [0.2, 0.25) is 0 Å². The van der Waals surface area contributed by atoms with Gasteiger partial charge < -0.3 is 10.1 Å². The van der Waals surface area contributed by atoms with Gasteiger partial charge in [0.05, 0.1) is 12.0 Å². The largest absolute Gasteiger partial charge is 0.465 e. The summed E-state index contributed by atoms with van der Waals surface area (Å²) in [5.41, 5.74) is 0.673. The number of carbonyl (C=O) groups excluding carboxylic acids is 1. The Morgan fingerprint density at radius 2 is 1.90 bits per heavy atom. The summed E-state index contributed by atoms with van der Waals surface area (Å²) in [6.07, 6.45) is 6.67. The Bertz CT molecular complexity index is 461. The normalized spacial score (nSPS) is 21.5. The molecule has 0 bridgehead atoms. The van der Waals surface area contributed by atoms with E-state index in [0.29, 0.717) is 6.61 Å². The predicted molar refractivity (Wildman–Crippen MR) is 83.1 cm³/mol. The van der Waals surface area contributed by atoms with Crippen molar-refractivity contribution in [1.29, 1.82) is 0 Å². The number of benzene rings is 1. The zero-order chi connectivity index (χ0) is 14.5. The fourth-order valence-corrected chi connectivity index (χ4v) is 3.46. The molecule has 0 spiro atoms. The minimum absolute atomic E-state index is 0.0190. The standard InChI is InChI=1S/C18H25NO2/c20-17(21-14-9-15-5-4-6-15)18(10-12-19-13-11-18)16-7-2-1-3-8-16/h1-3,7-8,15,19H,4-6,9-14H2. The van der Waals surface area contributed by atoms with Crippen molar-refractivity contribution < 1.29 is 9.53 Å². The van der Waals surface area contributed by atoms with Crippen molar-refractivity contribution in [3.63, 3.8) is 0 Å². The van der Waals surface area contributed by atoms with Gasteiger partial charge in [0.1, 0.15) is 0 Å². The topological polar surface area (TPSA) is 38.3 Å². The van der Waals surface area contributed by atoms with Gasteiger partial charge in [-0.05, 0) is 43.8 Å². The molecule has 1 N–H and O–H groups in total. The molecule has 0 aromatic heterocycles. The second-order valence-corrected chi connectivity index (χ2v) is 6.42. The maximum atomic E-state index is 12.8. The molecule has 114 valence electrons.